The molecule has 1 aliphatic carbocycles. The van der Waals surface area contributed by atoms with E-state index < -0.39 is 0 Å². The van der Waals surface area contributed by atoms with Gasteiger partial charge in [0.25, 0.3) is 0 Å². The van der Waals surface area contributed by atoms with Gasteiger partial charge in [-0.05, 0) is 40.8 Å². The van der Waals surface area contributed by atoms with Gasteiger partial charge in [0.15, 0.2) is 0 Å². The normalized spacial score (nSPS) is 38.0. The van der Waals surface area contributed by atoms with E-state index in [1.165, 1.54) is 19.4 Å². The first-order chi connectivity index (χ1) is 9.69. The van der Waals surface area contributed by atoms with Crippen LogP contribution in [0.25, 0.3) is 0 Å². The van der Waals surface area contributed by atoms with Crippen LogP contribution in [0.15, 0.2) is 22.9 Å². The van der Waals surface area contributed by atoms with Crippen LogP contribution in [0.3, 0.4) is 0 Å². The van der Waals surface area contributed by atoms with Crippen molar-refractivity contribution in [2.45, 2.75) is 18.9 Å². The Morgan fingerprint density at radius 3 is 2.65 bits per heavy atom. The molecule has 2 unspecified atom stereocenters. The van der Waals surface area contributed by atoms with Gasteiger partial charge in [0.1, 0.15) is 6.10 Å². The number of esters is 1. The summed E-state index contributed by atoms with van der Waals surface area (Å²) in [7, 11) is 0. The number of piperidine rings is 3. The third-order valence-corrected chi connectivity index (χ3v) is 5.32. The van der Waals surface area contributed by atoms with Crippen LogP contribution < -0.4 is 0 Å². The highest BCUT2D eigenvalue weighted by Crippen LogP contribution is 2.44. The van der Waals surface area contributed by atoms with E-state index in [0.29, 0.717) is 17.4 Å². The maximum absolute atomic E-state index is 12.3. The Kier molecular flexibility index (Phi) is 3.07. The standard InChI is InChI=1S/C15H17BrN2O2/c16-13-3-10(4-17-5-13)15(19)20-14-11-1-9-2-12(14)8-18(6-9)7-11/h3-5,9,11-12,14H,1-2,6-8H2. The van der Waals surface area contributed by atoms with E-state index in [-0.39, 0.29) is 12.1 Å². The van der Waals surface area contributed by atoms with Crippen LogP contribution in [0.1, 0.15) is 23.2 Å². The summed E-state index contributed by atoms with van der Waals surface area (Å²) in [6.45, 7) is 3.45. The number of pyridine rings is 1. The lowest BCUT2D eigenvalue weighted by molar-refractivity contribution is -0.116. The van der Waals surface area contributed by atoms with Crippen molar-refractivity contribution < 1.29 is 9.53 Å². The molecular formula is C15H17BrN2O2. The molecule has 3 saturated heterocycles. The Morgan fingerprint density at radius 2 is 2.00 bits per heavy atom. The second-order valence-electron chi connectivity index (χ2n) is 6.34. The number of aromatic nitrogens is 1. The van der Waals surface area contributed by atoms with Crippen molar-refractivity contribution >= 4 is 21.9 Å². The summed E-state index contributed by atoms with van der Waals surface area (Å²) >= 11 is 3.34. The second-order valence-corrected chi connectivity index (χ2v) is 7.25. The van der Waals surface area contributed by atoms with Crippen LogP contribution >= 0.6 is 15.9 Å². The minimum absolute atomic E-state index is 0.106. The molecule has 4 heterocycles. The van der Waals surface area contributed by atoms with E-state index in [1.54, 1.807) is 18.5 Å². The zero-order chi connectivity index (χ0) is 13.7. The Balaban J connectivity index is 1.50. The summed E-state index contributed by atoms with van der Waals surface area (Å²) in [5.74, 6) is 1.66. The van der Waals surface area contributed by atoms with Crippen molar-refractivity contribution in [1.82, 2.24) is 9.88 Å². The number of hydrogen-bond acceptors (Lipinski definition) is 4. The van der Waals surface area contributed by atoms with E-state index in [9.17, 15) is 4.79 Å². The lowest BCUT2D eigenvalue weighted by Crippen LogP contribution is -2.60. The van der Waals surface area contributed by atoms with Crippen LogP contribution in [-0.4, -0.2) is 41.6 Å². The summed E-state index contributed by atoms with van der Waals surface area (Å²) in [6.07, 6.45) is 5.80. The van der Waals surface area contributed by atoms with Gasteiger partial charge in [-0.15, -0.1) is 0 Å². The van der Waals surface area contributed by atoms with Gasteiger partial charge in [0.05, 0.1) is 5.56 Å². The molecular weight excluding hydrogens is 320 g/mol. The molecule has 4 nitrogen and oxygen atoms in total. The molecule has 0 aromatic carbocycles. The Bertz CT molecular complexity index is 520. The quantitative estimate of drug-likeness (QED) is 0.777. The highest BCUT2D eigenvalue weighted by molar-refractivity contribution is 9.10. The first kappa shape index (κ1) is 12.8. The van der Waals surface area contributed by atoms with Gasteiger partial charge in [-0.2, -0.15) is 0 Å². The van der Waals surface area contributed by atoms with Gasteiger partial charge in [0, 0.05) is 48.3 Å². The van der Waals surface area contributed by atoms with Crippen molar-refractivity contribution in [2.75, 3.05) is 19.6 Å². The van der Waals surface area contributed by atoms with Crippen molar-refractivity contribution in [1.29, 1.82) is 0 Å². The maximum Gasteiger partial charge on any atom is 0.340 e. The van der Waals surface area contributed by atoms with Crippen molar-refractivity contribution in [3.8, 4) is 0 Å². The Morgan fingerprint density at radius 1 is 1.25 bits per heavy atom. The molecule has 1 aromatic heterocycles. The summed E-state index contributed by atoms with van der Waals surface area (Å²) in [5, 5.41) is 0. The van der Waals surface area contributed by atoms with Gasteiger partial charge >= 0.3 is 5.97 Å². The number of rotatable bonds is 2. The van der Waals surface area contributed by atoms with Crippen LogP contribution in [0.4, 0.5) is 0 Å². The minimum Gasteiger partial charge on any atom is -0.458 e. The summed E-state index contributed by atoms with van der Waals surface area (Å²) < 4.78 is 6.65. The number of carbonyl (C=O) groups excluding carboxylic acids is 1. The van der Waals surface area contributed by atoms with Crippen LogP contribution in [-0.2, 0) is 4.74 Å². The zero-order valence-corrected chi connectivity index (χ0v) is 12.8. The summed E-state index contributed by atoms with van der Waals surface area (Å²) in [6, 6.07) is 1.77. The highest BCUT2D eigenvalue weighted by Gasteiger charge is 2.49. The van der Waals surface area contributed by atoms with E-state index in [2.05, 4.69) is 25.8 Å². The number of carbonyl (C=O) groups is 1. The first-order valence-electron chi connectivity index (χ1n) is 7.23. The zero-order valence-electron chi connectivity index (χ0n) is 11.2. The molecule has 20 heavy (non-hydrogen) atoms. The van der Waals surface area contributed by atoms with E-state index in [1.807, 2.05) is 0 Å². The average Bonchev–Trinajstić information content (AvgIpc) is 2.42. The first-order valence-corrected chi connectivity index (χ1v) is 8.02. The molecule has 1 saturated carbocycles. The lowest BCUT2D eigenvalue weighted by Gasteiger charge is -2.55. The molecule has 4 fully saturated rings. The fourth-order valence-electron chi connectivity index (χ4n) is 4.27. The van der Waals surface area contributed by atoms with Gasteiger partial charge in [-0.3, -0.25) is 4.98 Å². The predicted molar refractivity (Wildman–Crippen MR) is 77.3 cm³/mol. The smallest absolute Gasteiger partial charge is 0.340 e. The Hall–Kier alpha value is -0.940. The molecule has 2 atom stereocenters. The summed E-state index contributed by atoms with van der Waals surface area (Å²) in [5.41, 5.74) is 0.536. The second kappa shape index (κ2) is 4.81. The van der Waals surface area contributed by atoms with Gasteiger partial charge in [-0.25, -0.2) is 4.79 Å². The van der Waals surface area contributed by atoms with Crippen LogP contribution in [0, 0.1) is 17.8 Å². The monoisotopic (exact) mass is 336 g/mol. The molecule has 0 amide bonds. The number of ether oxygens (including phenoxy) is 1. The van der Waals surface area contributed by atoms with Crippen molar-refractivity contribution in [3.05, 3.63) is 28.5 Å². The molecule has 0 N–H and O–H groups in total. The predicted octanol–water partition coefficient (Wildman–Crippen LogP) is 2.34. The van der Waals surface area contributed by atoms with Crippen molar-refractivity contribution in [2.24, 2.45) is 17.8 Å². The molecule has 5 rings (SSSR count). The molecule has 0 spiro atoms. The van der Waals surface area contributed by atoms with Crippen molar-refractivity contribution in [3.63, 3.8) is 0 Å². The number of hydrogen-bond donors (Lipinski definition) is 0. The third-order valence-electron chi connectivity index (χ3n) is 4.89. The van der Waals surface area contributed by atoms with Crippen LogP contribution in [0.2, 0.25) is 0 Å². The number of nitrogens with zero attached hydrogens (tertiary/aromatic N) is 2. The third kappa shape index (κ3) is 2.17. The van der Waals surface area contributed by atoms with Gasteiger partial charge < -0.3 is 9.64 Å². The molecule has 5 heteroatoms. The lowest BCUT2D eigenvalue weighted by atomic mass is 9.66. The largest absolute Gasteiger partial charge is 0.458 e. The molecule has 4 bridgehead atoms. The van der Waals surface area contributed by atoms with Gasteiger partial charge in [0.2, 0.25) is 0 Å². The van der Waals surface area contributed by atoms with Crippen LogP contribution in [0.5, 0.6) is 0 Å². The topological polar surface area (TPSA) is 42.4 Å². The fraction of sp³-hybridized carbons (Fsp3) is 0.600. The van der Waals surface area contributed by atoms with Gasteiger partial charge in [-0.1, -0.05) is 0 Å². The SMILES string of the molecule is O=C(OC1C2CC3CC1CN(C3)C2)c1cncc(Br)c1. The van der Waals surface area contributed by atoms with E-state index in [0.717, 1.165) is 23.5 Å². The molecule has 106 valence electrons. The summed E-state index contributed by atoms with van der Waals surface area (Å²) in [4.78, 5) is 18.9. The molecule has 3 aliphatic heterocycles. The fourth-order valence-corrected chi connectivity index (χ4v) is 4.64. The molecule has 4 aliphatic rings. The number of halogens is 1. The highest BCUT2D eigenvalue weighted by atomic mass is 79.9. The molecule has 1 aromatic rings. The van der Waals surface area contributed by atoms with E-state index in [4.69, 9.17) is 4.74 Å². The Labute approximate surface area is 126 Å². The molecule has 0 radical (unpaired) electrons. The minimum atomic E-state index is -0.230. The van der Waals surface area contributed by atoms with E-state index >= 15 is 0 Å². The average molecular weight is 337 g/mol. The maximum atomic E-state index is 12.3.